The highest BCUT2D eigenvalue weighted by molar-refractivity contribution is 6.30. The van der Waals surface area contributed by atoms with Crippen molar-refractivity contribution in [1.82, 2.24) is 0 Å². The summed E-state index contributed by atoms with van der Waals surface area (Å²) in [5.74, 6) is -0.0563. The Balaban J connectivity index is 3.10. The highest BCUT2D eigenvalue weighted by Gasteiger charge is 2.32. The molecule has 0 aliphatic rings. The molecule has 0 aliphatic carbocycles. The number of hydrogen-bond acceptors (Lipinski definition) is 2. The van der Waals surface area contributed by atoms with Crippen molar-refractivity contribution in [2.45, 2.75) is 19.4 Å². The third kappa shape index (κ3) is 2.67. The number of benzene rings is 1. The predicted octanol–water partition coefficient (Wildman–Crippen LogP) is 3.49. The largest absolute Gasteiger partial charge is 0.385 e. The molecule has 0 unspecified atom stereocenters. The van der Waals surface area contributed by atoms with Crippen molar-refractivity contribution in [2.24, 2.45) is 11.0 Å². The smallest absolute Gasteiger partial charge is 0.0975 e. The lowest BCUT2D eigenvalue weighted by Gasteiger charge is -2.31. The van der Waals surface area contributed by atoms with Crippen molar-refractivity contribution < 1.29 is 5.11 Å². The van der Waals surface area contributed by atoms with Crippen LogP contribution in [0.3, 0.4) is 0 Å². The van der Waals surface area contributed by atoms with Crippen LogP contribution < -0.4 is 0 Å². The van der Waals surface area contributed by atoms with Crippen LogP contribution in [-0.4, -0.2) is 11.7 Å². The molecule has 1 atom stereocenters. The molecule has 1 N–H and O–H groups in total. The number of rotatable bonds is 4. The molecule has 0 saturated carbocycles. The van der Waals surface area contributed by atoms with Crippen LogP contribution in [0.25, 0.3) is 10.4 Å². The fourth-order valence-electron chi connectivity index (χ4n) is 1.49. The fourth-order valence-corrected chi connectivity index (χ4v) is 1.61. The second-order valence-corrected chi connectivity index (χ2v) is 4.41. The minimum atomic E-state index is -1.14. The summed E-state index contributed by atoms with van der Waals surface area (Å²) in [4.78, 5) is 2.69. The second-order valence-electron chi connectivity index (χ2n) is 3.97. The van der Waals surface area contributed by atoms with Crippen LogP contribution in [0.5, 0.6) is 0 Å². The first-order valence-electron chi connectivity index (χ1n) is 5.00. The summed E-state index contributed by atoms with van der Waals surface area (Å²) < 4.78 is 0. The van der Waals surface area contributed by atoms with Crippen molar-refractivity contribution in [2.75, 3.05) is 6.54 Å². The molecule has 1 aromatic rings. The van der Waals surface area contributed by atoms with Gasteiger partial charge in [0.15, 0.2) is 0 Å². The van der Waals surface area contributed by atoms with Crippen LogP contribution in [-0.2, 0) is 5.60 Å². The zero-order valence-electron chi connectivity index (χ0n) is 9.26. The first kappa shape index (κ1) is 12.8. The average molecular weight is 240 g/mol. The van der Waals surface area contributed by atoms with E-state index in [0.717, 1.165) is 0 Å². The third-order valence-electron chi connectivity index (χ3n) is 2.67. The quantitative estimate of drug-likeness (QED) is 0.488. The Bertz CT molecular complexity index is 398. The molecular weight excluding hydrogens is 226 g/mol. The number of azide groups is 1. The van der Waals surface area contributed by atoms with Crippen LogP contribution in [0.1, 0.15) is 19.4 Å². The molecular formula is C11H14ClN3O. The molecule has 4 nitrogen and oxygen atoms in total. The molecule has 0 heterocycles. The van der Waals surface area contributed by atoms with E-state index in [1.54, 1.807) is 24.3 Å². The van der Waals surface area contributed by atoms with Gasteiger partial charge in [-0.3, -0.25) is 0 Å². The maximum absolute atomic E-state index is 10.5. The summed E-state index contributed by atoms with van der Waals surface area (Å²) in [5, 5.41) is 14.5. The molecule has 1 rings (SSSR count). The summed E-state index contributed by atoms with van der Waals surface area (Å²) in [7, 11) is 0. The molecule has 5 heteroatoms. The summed E-state index contributed by atoms with van der Waals surface area (Å²) in [6, 6.07) is 6.91. The summed E-state index contributed by atoms with van der Waals surface area (Å²) in [6.07, 6.45) is 0. The zero-order chi connectivity index (χ0) is 12.2. The first-order chi connectivity index (χ1) is 7.50. The van der Waals surface area contributed by atoms with Crippen LogP contribution in [0, 0.1) is 5.92 Å². The van der Waals surface area contributed by atoms with Crippen molar-refractivity contribution >= 4 is 11.6 Å². The lowest BCUT2D eigenvalue weighted by molar-refractivity contribution is -0.000997. The van der Waals surface area contributed by atoms with E-state index in [-0.39, 0.29) is 12.5 Å². The monoisotopic (exact) mass is 239 g/mol. The highest BCUT2D eigenvalue weighted by Crippen LogP contribution is 2.30. The van der Waals surface area contributed by atoms with Gasteiger partial charge >= 0.3 is 0 Å². The van der Waals surface area contributed by atoms with Gasteiger partial charge in [-0.15, -0.1) is 0 Å². The van der Waals surface area contributed by atoms with Gasteiger partial charge in [-0.25, -0.2) is 0 Å². The Hall–Kier alpha value is -1.22. The number of nitrogens with zero attached hydrogens (tertiary/aromatic N) is 3. The zero-order valence-corrected chi connectivity index (χ0v) is 10.0. The van der Waals surface area contributed by atoms with Gasteiger partial charge in [0.2, 0.25) is 0 Å². The van der Waals surface area contributed by atoms with E-state index in [9.17, 15) is 5.11 Å². The average Bonchev–Trinajstić information content (AvgIpc) is 2.26. The van der Waals surface area contributed by atoms with E-state index in [1.807, 2.05) is 13.8 Å². The molecule has 0 bridgehead atoms. The first-order valence-corrected chi connectivity index (χ1v) is 5.38. The van der Waals surface area contributed by atoms with Gasteiger partial charge < -0.3 is 5.11 Å². The molecule has 0 saturated heterocycles. The van der Waals surface area contributed by atoms with Crippen molar-refractivity contribution in [1.29, 1.82) is 0 Å². The Morgan fingerprint density at radius 2 is 2.00 bits per heavy atom. The van der Waals surface area contributed by atoms with Crippen LogP contribution >= 0.6 is 11.6 Å². The van der Waals surface area contributed by atoms with Gasteiger partial charge in [0, 0.05) is 9.93 Å². The molecule has 16 heavy (non-hydrogen) atoms. The van der Waals surface area contributed by atoms with E-state index >= 15 is 0 Å². The van der Waals surface area contributed by atoms with E-state index in [2.05, 4.69) is 10.0 Å². The van der Waals surface area contributed by atoms with Crippen molar-refractivity contribution in [3.05, 3.63) is 45.3 Å². The van der Waals surface area contributed by atoms with E-state index in [1.165, 1.54) is 0 Å². The topological polar surface area (TPSA) is 69.0 Å². The Morgan fingerprint density at radius 1 is 1.44 bits per heavy atom. The van der Waals surface area contributed by atoms with Crippen LogP contribution in [0.15, 0.2) is 29.4 Å². The molecule has 0 amide bonds. The minimum Gasteiger partial charge on any atom is -0.385 e. The second kappa shape index (κ2) is 5.21. The van der Waals surface area contributed by atoms with Gasteiger partial charge in [-0.1, -0.05) is 42.7 Å². The van der Waals surface area contributed by atoms with Gasteiger partial charge in [-0.05, 0) is 29.1 Å². The summed E-state index contributed by atoms with van der Waals surface area (Å²) >= 11 is 5.78. The molecule has 0 aliphatic heterocycles. The summed E-state index contributed by atoms with van der Waals surface area (Å²) in [6.45, 7) is 3.77. The number of halogens is 1. The van der Waals surface area contributed by atoms with Crippen LogP contribution in [0.2, 0.25) is 5.02 Å². The molecule has 1 aromatic carbocycles. The standard InChI is InChI=1S/C11H14ClN3O/c1-8(2)11(16,7-14-15-13)9-3-5-10(12)6-4-9/h3-6,8,16H,7H2,1-2H3/t11-/m0/s1. The highest BCUT2D eigenvalue weighted by atomic mass is 35.5. The Kier molecular flexibility index (Phi) is 4.19. The lowest BCUT2D eigenvalue weighted by atomic mass is 9.83. The number of aliphatic hydroxyl groups is 1. The third-order valence-corrected chi connectivity index (χ3v) is 2.93. The molecule has 0 radical (unpaired) electrons. The molecule has 0 aromatic heterocycles. The minimum absolute atomic E-state index is 0.0167. The maximum Gasteiger partial charge on any atom is 0.0975 e. The molecule has 86 valence electrons. The van der Waals surface area contributed by atoms with Crippen LogP contribution in [0.4, 0.5) is 0 Å². The van der Waals surface area contributed by atoms with Gasteiger partial charge in [-0.2, -0.15) is 0 Å². The van der Waals surface area contributed by atoms with Gasteiger partial charge in [0.1, 0.15) is 0 Å². The van der Waals surface area contributed by atoms with Gasteiger partial charge in [0.05, 0.1) is 12.1 Å². The predicted molar refractivity (Wildman–Crippen MR) is 64.2 cm³/mol. The fraction of sp³-hybridized carbons (Fsp3) is 0.455. The van der Waals surface area contributed by atoms with Crippen molar-refractivity contribution in [3.63, 3.8) is 0 Å². The molecule has 0 spiro atoms. The Morgan fingerprint density at radius 3 is 2.44 bits per heavy atom. The SMILES string of the molecule is CC(C)[C@@](O)(CN=[N+]=[N-])c1ccc(Cl)cc1. The molecule has 0 fully saturated rings. The lowest BCUT2D eigenvalue weighted by Crippen LogP contribution is -2.35. The maximum atomic E-state index is 10.5. The van der Waals surface area contributed by atoms with E-state index in [0.29, 0.717) is 10.6 Å². The normalized spacial score (nSPS) is 14.3. The number of hydrogen-bond donors (Lipinski definition) is 1. The van der Waals surface area contributed by atoms with E-state index in [4.69, 9.17) is 17.1 Å². The van der Waals surface area contributed by atoms with Gasteiger partial charge in [0.25, 0.3) is 0 Å². The Labute approximate surface area is 99.5 Å². The van der Waals surface area contributed by atoms with Crippen molar-refractivity contribution in [3.8, 4) is 0 Å². The summed E-state index contributed by atoms with van der Waals surface area (Å²) in [5.41, 5.74) is 7.89. The van der Waals surface area contributed by atoms with E-state index < -0.39 is 5.60 Å².